The van der Waals surface area contributed by atoms with Crippen LogP contribution in [-0.4, -0.2) is 18.5 Å². The molecular formula is C9H20N. The maximum atomic E-state index is 2.25. The lowest BCUT2D eigenvalue weighted by atomic mass is 10.2. The first-order chi connectivity index (χ1) is 4.81. The molecule has 1 nitrogen and oxygen atoms in total. The summed E-state index contributed by atoms with van der Waals surface area (Å²) < 4.78 is 0. The minimum atomic E-state index is 1.22. The van der Waals surface area contributed by atoms with E-state index in [2.05, 4.69) is 32.3 Å². The molecule has 0 aliphatic heterocycles. The van der Waals surface area contributed by atoms with E-state index in [0.717, 1.165) is 0 Å². The molecule has 0 atom stereocenters. The molecule has 0 saturated carbocycles. The van der Waals surface area contributed by atoms with Crippen molar-refractivity contribution in [2.75, 3.05) is 13.6 Å². The van der Waals surface area contributed by atoms with Crippen molar-refractivity contribution in [1.82, 2.24) is 4.90 Å². The highest BCUT2D eigenvalue weighted by atomic mass is 15.1. The highest BCUT2D eigenvalue weighted by Crippen LogP contribution is 2.00. The molecule has 0 saturated heterocycles. The van der Waals surface area contributed by atoms with Crippen molar-refractivity contribution in [2.24, 2.45) is 0 Å². The number of hydrogen-bond acceptors (Lipinski definition) is 1. The van der Waals surface area contributed by atoms with Gasteiger partial charge in [-0.2, -0.15) is 0 Å². The fourth-order valence-electron chi connectivity index (χ4n) is 0.917. The molecule has 61 valence electrons. The van der Waals surface area contributed by atoms with Crippen molar-refractivity contribution in [3.8, 4) is 0 Å². The summed E-state index contributed by atoms with van der Waals surface area (Å²) in [7, 11) is 2.13. The van der Waals surface area contributed by atoms with Crippen LogP contribution in [0.1, 0.15) is 39.5 Å². The SMILES string of the molecule is C[CH]N(C)CCCCCC. The van der Waals surface area contributed by atoms with Gasteiger partial charge in [-0.1, -0.05) is 26.2 Å². The Labute approximate surface area is 65.4 Å². The summed E-state index contributed by atoms with van der Waals surface area (Å²) in [6.45, 7) is 7.68. The molecule has 0 aliphatic rings. The molecule has 0 spiro atoms. The second-order valence-corrected chi connectivity index (χ2v) is 2.80. The lowest BCUT2D eigenvalue weighted by molar-refractivity contribution is 0.392. The van der Waals surface area contributed by atoms with Gasteiger partial charge in [0.2, 0.25) is 0 Å². The van der Waals surface area contributed by atoms with Crippen LogP contribution in [0.25, 0.3) is 0 Å². The molecule has 0 bridgehead atoms. The minimum Gasteiger partial charge on any atom is -0.302 e. The largest absolute Gasteiger partial charge is 0.302 e. The van der Waals surface area contributed by atoms with E-state index in [0.29, 0.717) is 0 Å². The van der Waals surface area contributed by atoms with Gasteiger partial charge in [-0.05, 0) is 26.9 Å². The van der Waals surface area contributed by atoms with Gasteiger partial charge in [-0.3, -0.25) is 0 Å². The Morgan fingerprint density at radius 3 is 2.40 bits per heavy atom. The fourth-order valence-corrected chi connectivity index (χ4v) is 0.917. The molecule has 0 rings (SSSR count). The molecule has 0 aliphatic carbocycles. The molecule has 0 aromatic carbocycles. The molecule has 0 fully saturated rings. The zero-order chi connectivity index (χ0) is 7.82. The van der Waals surface area contributed by atoms with E-state index in [4.69, 9.17) is 0 Å². The van der Waals surface area contributed by atoms with Gasteiger partial charge >= 0.3 is 0 Å². The summed E-state index contributed by atoms with van der Waals surface area (Å²) in [4.78, 5) is 2.25. The Hall–Kier alpha value is -0.0400. The normalized spacial score (nSPS) is 10.8. The molecule has 0 aromatic rings. The first-order valence-corrected chi connectivity index (χ1v) is 4.31. The van der Waals surface area contributed by atoms with E-state index < -0.39 is 0 Å². The van der Waals surface area contributed by atoms with Crippen molar-refractivity contribution < 1.29 is 0 Å². The van der Waals surface area contributed by atoms with Gasteiger partial charge in [0, 0.05) is 6.54 Å². The van der Waals surface area contributed by atoms with Gasteiger partial charge in [-0.15, -0.1) is 0 Å². The highest BCUT2D eigenvalue weighted by Gasteiger charge is 1.92. The first-order valence-electron chi connectivity index (χ1n) is 4.31. The summed E-state index contributed by atoms with van der Waals surface area (Å²) in [5.41, 5.74) is 0. The Kier molecular flexibility index (Phi) is 7.04. The molecule has 0 heterocycles. The van der Waals surface area contributed by atoms with E-state index >= 15 is 0 Å². The number of hydrogen-bond donors (Lipinski definition) is 0. The molecule has 0 amide bonds. The van der Waals surface area contributed by atoms with Crippen LogP contribution >= 0.6 is 0 Å². The summed E-state index contributed by atoms with van der Waals surface area (Å²) in [5.74, 6) is 0. The third-order valence-electron chi connectivity index (χ3n) is 1.81. The van der Waals surface area contributed by atoms with Crippen LogP contribution in [0.4, 0.5) is 0 Å². The summed E-state index contributed by atoms with van der Waals surface area (Å²) in [6.07, 6.45) is 5.44. The Balaban J connectivity index is 2.89. The summed E-state index contributed by atoms with van der Waals surface area (Å²) >= 11 is 0. The van der Waals surface area contributed by atoms with Gasteiger partial charge < -0.3 is 4.90 Å². The van der Waals surface area contributed by atoms with E-state index in [-0.39, 0.29) is 0 Å². The average molecular weight is 142 g/mol. The van der Waals surface area contributed by atoms with Crippen LogP contribution in [-0.2, 0) is 0 Å². The van der Waals surface area contributed by atoms with Crippen molar-refractivity contribution in [2.45, 2.75) is 39.5 Å². The van der Waals surface area contributed by atoms with Gasteiger partial charge in [0.15, 0.2) is 0 Å². The van der Waals surface area contributed by atoms with Crippen LogP contribution in [0.2, 0.25) is 0 Å². The van der Waals surface area contributed by atoms with Crippen molar-refractivity contribution >= 4 is 0 Å². The lowest BCUT2D eigenvalue weighted by Gasteiger charge is -2.11. The van der Waals surface area contributed by atoms with Crippen molar-refractivity contribution in [3.63, 3.8) is 0 Å². The van der Waals surface area contributed by atoms with Crippen molar-refractivity contribution in [3.05, 3.63) is 6.54 Å². The molecule has 10 heavy (non-hydrogen) atoms. The second kappa shape index (κ2) is 7.07. The molecule has 1 heteroatoms. The number of rotatable bonds is 6. The molecule has 0 aromatic heterocycles. The quantitative estimate of drug-likeness (QED) is 0.515. The van der Waals surface area contributed by atoms with E-state index in [1.54, 1.807) is 0 Å². The van der Waals surface area contributed by atoms with Crippen LogP contribution in [0, 0.1) is 6.54 Å². The molecule has 0 unspecified atom stereocenters. The summed E-state index contributed by atoms with van der Waals surface area (Å²) in [5, 5.41) is 0. The Morgan fingerprint density at radius 2 is 1.90 bits per heavy atom. The third kappa shape index (κ3) is 6.09. The zero-order valence-electron chi connectivity index (χ0n) is 7.56. The molecule has 1 radical (unpaired) electrons. The van der Waals surface area contributed by atoms with Gasteiger partial charge in [-0.25, -0.2) is 0 Å². The van der Waals surface area contributed by atoms with Gasteiger partial charge in [0.05, 0.1) is 0 Å². The standard InChI is InChI=1S/C9H20N/c1-4-6-7-8-9-10(3)5-2/h5H,4,6-9H2,1-3H3. The van der Waals surface area contributed by atoms with E-state index in [1.807, 2.05) is 0 Å². The predicted octanol–water partition coefficient (Wildman–Crippen LogP) is 2.68. The van der Waals surface area contributed by atoms with E-state index in [9.17, 15) is 0 Å². The molecule has 0 N–H and O–H groups in total. The average Bonchev–Trinajstić information content (AvgIpc) is 1.98. The van der Waals surface area contributed by atoms with Crippen LogP contribution in [0.15, 0.2) is 0 Å². The number of unbranched alkanes of at least 4 members (excludes halogenated alkanes) is 3. The Bertz CT molecular complexity index is 61.7. The Morgan fingerprint density at radius 1 is 1.20 bits per heavy atom. The first kappa shape index (κ1) is 9.96. The summed E-state index contributed by atoms with van der Waals surface area (Å²) in [6, 6.07) is 0. The topological polar surface area (TPSA) is 3.24 Å². The monoisotopic (exact) mass is 142 g/mol. The maximum absolute atomic E-state index is 2.25. The lowest BCUT2D eigenvalue weighted by Crippen LogP contribution is -2.14. The fraction of sp³-hybridized carbons (Fsp3) is 0.889. The van der Waals surface area contributed by atoms with Crippen molar-refractivity contribution in [1.29, 1.82) is 0 Å². The smallest absolute Gasteiger partial charge is 0.0217 e. The second-order valence-electron chi connectivity index (χ2n) is 2.80. The van der Waals surface area contributed by atoms with Gasteiger partial charge in [0.25, 0.3) is 0 Å². The zero-order valence-corrected chi connectivity index (χ0v) is 7.56. The van der Waals surface area contributed by atoms with Crippen LogP contribution in [0.3, 0.4) is 0 Å². The van der Waals surface area contributed by atoms with Gasteiger partial charge in [0.1, 0.15) is 0 Å². The molecular weight excluding hydrogens is 122 g/mol. The highest BCUT2D eigenvalue weighted by molar-refractivity contribution is 4.56. The third-order valence-corrected chi connectivity index (χ3v) is 1.81. The maximum Gasteiger partial charge on any atom is 0.0217 e. The van der Waals surface area contributed by atoms with Crippen LogP contribution in [0.5, 0.6) is 0 Å². The van der Waals surface area contributed by atoms with E-state index in [1.165, 1.54) is 32.2 Å². The number of nitrogens with zero attached hydrogens (tertiary/aromatic N) is 1. The minimum absolute atomic E-state index is 1.22. The van der Waals surface area contributed by atoms with Crippen LogP contribution < -0.4 is 0 Å². The predicted molar refractivity (Wildman–Crippen MR) is 46.7 cm³/mol.